The number of aromatic amines is 1. The summed E-state index contributed by atoms with van der Waals surface area (Å²) < 4.78 is 0. The molecule has 0 aliphatic carbocycles. The van der Waals surface area contributed by atoms with Crippen molar-refractivity contribution in [3.05, 3.63) is 97.1 Å². The predicted octanol–water partition coefficient (Wildman–Crippen LogP) is 5.86. The van der Waals surface area contributed by atoms with E-state index in [2.05, 4.69) is 69.8 Å². The van der Waals surface area contributed by atoms with Gasteiger partial charge in [0.05, 0.1) is 0 Å². The third kappa shape index (κ3) is 4.18. The van der Waals surface area contributed by atoms with Gasteiger partial charge in [0.25, 0.3) is 0 Å². The van der Waals surface area contributed by atoms with Crippen LogP contribution in [-0.2, 0) is 6.42 Å². The molecule has 27 heavy (non-hydrogen) atoms. The van der Waals surface area contributed by atoms with Crippen molar-refractivity contribution in [2.45, 2.75) is 12.8 Å². The van der Waals surface area contributed by atoms with Crippen LogP contribution in [0.1, 0.15) is 12.0 Å². The molecule has 0 atom stereocenters. The number of nitrogens with zero attached hydrogens (tertiary/aromatic N) is 1. The monoisotopic (exact) mass is 354 g/mol. The SMILES string of the molecule is C=C(CCc1c[nH]c2ccccc12)Nc1cccc(Nc2ccncc2)c1. The Kier molecular flexibility index (Phi) is 4.88. The maximum absolute atomic E-state index is 4.19. The van der Waals surface area contributed by atoms with Crippen LogP contribution in [0.15, 0.2) is 91.5 Å². The number of aryl methyl sites for hydroxylation is 1. The number of hydrogen-bond donors (Lipinski definition) is 3. The lowest BCUT2D eigenvalue weighted by Crippen LogP contribution is -2.00. The highest BCUT2D eigenvalue weighted by Gasteiger charge is 2.04. The number of allylic oxidation sites excluding steroid dienone is 1. The first kappa shape index (κ1) is 16.9. The third-order valence-electron chi connectivity index (χ3n) is 4.52. The number of H-pyrrole nitrogens is 1. The van der Waals surface area contributed by atoms with Gasteiger partial charge in [-0.15, -0.1) is 0 Å². The molecule has 0 spiro atoms. The Labute approximate surface area is 159 Å². The smallest absolute Gasteiger partial charge is 0.0456 e. The maximum atomic E-state index is 4.19. The molecule has 0 amide bonds. The van der Waals surface area contributed by atoms with Crippen LogP contribution in [0.4, 0.5) is 17.1 Å². The lowest BCUT2D eigenvalue weighted by Gasteiger charge is -2.12. The number of hydrogen-bond acceptors (Lipinski definition) is 3. The average Bonchev–Trinajstić information content (AvgIpc) is 3.11. The Balaban J connectivity index is 1.37. The van der Waals surface area contributed by atoms with Gasteiger partial charge in [0.15, 0.2) is 0 Å². The number of benzene rings is 2. The fraction of sp³-hybridized carbons (Fsp3) is 0.0870. The summed E-state index contributed by atoms with van der Waals surface area (Å²) in [6.45, 7) is 4.19. The summed E-state index contributed by atoms with van der Waals surface area (Å²) in [5, 5.41) is 8.09. The highest BCUT2D eigenvalue weighted by Crippen LogP contribution is 2.23. The predicted molar refractivity (Wildman–Crippen MR) is 113 cm³/mol. The lowest BCUT2D eigenvalue weighted by atomic mass is 10.1. The van der Waals surface area contributed by atoms with Crippen LogP contribution in [0.3, 0.4) is 0 Å². The topological polar surface area (TPSA) is 52.7 Å². The summed E-state index contributed by atoms with van der Waals surface area (Å²) in [7, 11) is 0. The molecule has 4 rings (SSSR count). The van der Waals surface area contributed by atoms with Crippen molar-refractivity contribution in [1.29, 1.82) is 0 Å². The van der Waals surface area contributed by atoms with E-state index in [0.29, 0.717) is 0 Å². The number of nitrogens with one attached hydrogen (secondary N) is 3. The van der Waals surface area contributed by atoms with Gasteiger partial charge in [0, 0.05) is 52.3 Å². The van der Waals surface area contributed by atoms with Crippen LogP contribution in [0.25, 0.3) is 10.9 Å². The van der Waals surface area contributed by atoms with Crippen LogP contribution in [0.2, 0.25) is 0 Å². The fourth-order valence-corrected chi connectivity index (χ4v) is 3.17. The highest BCUT2D eigenvalue weighted by molar-refractivity contribution is 5.83. The average molecular weight is 354 g/mol. The van der Waals surface area contributed by atoms with Gasteiger partial charge in [-0.1, -0.05) is 30.8 Å². The van der Waals surface area contributed by atoms with Gasteiger partial charge in [-0.2, -0.15) is 0 Å². The molecule has 3 N–H and O–H groups in total. The van der Waals surface area contributed by atoms with E-state index in [1.807, 2.05) is 24.3 Å². The molecule has 4 heteroatoms. The van der Waals surface area contributed by atoms with E-state index in [9.17, 15) is 0 Å². The largest absolute Gasteiger partial charge is 0.361 e. The molecule has 2 heterocycles. The molecule has 0 unspecified atom stereocenters. The number of anilines is 3. The van der Waals surface area contributed by atoms with E-state index < -0.39 is 0 Å². The van der Waals surface area contributed by atoms with Crippen molar-refractivity contribution >= 4 is 28.0 Å². The molecule has 0 radical (unpaired) electrons. The Morgan fingerprint density at radius 3 is 2.63 bits per heavy atom. The first-order chi connectivity index (χ1) is 13.3. The quantitative estimate of drug-likeness (QED) is 0.389. The second kappa shape index (κ2) is 7.79. The van der Waals surface area contributed by atoms with Gasteiger partial charge in [-0.05, 0) is 54.8 Å². The zero-order valence-corrected chi connectivity index (χ0v) is 15.1. The first-order valence-corrected chi connectivity index (χ1v) is 9.05. The summed E-state index contributed by atoms with van der Waals surface area (Å²) in [4.78, 5) is 7.37. The van der Waals surface area contributed by atoms with Crippen LogP contribution in [0, 0.1) is 0 Å². The standard InChI is InChI=1S/C23H22N4/c1-17(9-10-18-16-25-23-8-3-2-7-22(18)23)26-20-5-4-6-21(15-20)27-19-11-13-24-14-12-19/h2-8,11-16,25-26H,1,9-10H2,(H,24,27). The Bertz CT molecular complexity index is 1050. The summed E-state index contributed by atoms with van der Waals surface area (Å²) in [6, 6.07) is 20.5. The van der Waals surface area contributed by atoms with Gasteiger partial charge >= 0.3 is 0 Å². The van der Waals surface area contributed by atoms with E-state index in [-0.39, 0.29) is 0 Å². The molecular weight excluding hydrogens is 332 g/mol. The van der Waals surface area contributed by atoms with Crippen LogP contribution < -0.4 is 10.6 Å². The molecule has 2 aromatic carbocycles. The lowest BCUT2D eigenvalue weighted by molar-refractivity contribution is 0.957. The molecule has 0 aliphatic heterocycles. The van der Waals surface area contributed by atoms with Gasteiger partial charge < -0.3 is 15.6 Å². The van der Waals surface area contributed by atoms with E-state index in [1.165, 1.54) is 16.5 Å². The summed E-state index contributed by atoms with van der Waals surface area (Å²) in [5.41, 5.74) is 6.57. The first-order valence-electron chi connectivity index (χ1n) is 9.05. The Morgan fingerprint density at radius 1 is 0.926 bits per heavy atom. The molecule has 2 aromatic heterocycles. The zero-order chi connectivity index (χ0) is 18.5. The van der Waals surface area contributed by atoms with E-state index in [1.54, 1.807) is 12.4 Å². The van der Waals surface area contributed by atoms with Gasteiger partial charge in [-0.25, -0.2) is 0 Å². The second-order valence-electron chi connectivity index (χ2n) is 6.53. The summed E-state index contributed by atoms with van der Waals surface area (Å²) in [6.07, 6.45) is 7.47. The summed E-state index contributed by atoms with van der Waals surface area (Å²) >= 11 is 0. The van der Waals surface area contributed by atoms with Crippen LogP contribution in [0.5, 0.6) is 0 Å². The minimum atomic E-state index is 0.879. The van der Waals surface area contributed by atoms with Crippen molar-refractivity contribution in [1.82, 2.24) is 9.97 Å². The molecule has 0 saturated heterocycles. The van der Waals surface area contributed by atoms with E-state index in [4.69, 9.17) is 0 Å². The Morgan fingerprint density at radius 2 is 1.74 bits per heavy atom. The molecular formula is C23H22N4. The molecule has 0 fully saturated rings. The van der Waals surface area contributed by atoms with Gasteiger partial charge in [-0.3, -0.25) is 4.98 Å². The zero-order valence-electron chi connectivity index (χ0n) is 15.1. The van der Waals surface area contributed by atoms with Crippen molar-refractivity contribution < 1.29 is 0 Å². The number of para-hydroxylation sites is 1. The molecule has 134 valence electrons. The molecule has 4 aromatic rings. The van der Waals surface area contributed by atoms with Crippen LogP contribution in [-0.4, -0.2) is 9.97 Å². The highest BCUT2D eigenvalue weighted by atomic mass is 14.9. The maximum Gasteiger partial charge on any atom is 0.0456 e. The minimum Gasteiger partial charge on any atom is -0.361 e. The van der Waals surface area contributed by atoms with E-state index in [0.717, 1.165) is 35.6 Å². The molecule has 0 aliphatic rings. The minimum absolute atomic E-state index is 0.879. The van der Waals surface area contributed by atoms with Crippen molar-refractivity contribution in [3.8, 4) is 0 Å². The number of fused-ring (bicyclic) bond motifs is 1. The molecule has 0 bridgehead atoms. The van der Waals surface area contributed by atoms with E-state index >= 15 is 0 Å². The number of rotatable bonds is 7. The molecule has 0 saturated carbocycles. The molecule has 4 nitrogen and oxygen atoms in total. The number of aromatic nitrogens is 2. The number of pyridine rings is 1. The summed E-state index contributed by atoms with van der Waals surface area (Å²) in [5.74, 6) is 0. The Hall–Kier alpha value is -3.53. The van der Waals surface area contributed by atoms with Crippen LogP contribution >= 0.6 is 0 Å². The van der Waals surface area contributed by atoms with Gasteiger partial charge in [0.2, 0.25) is 0 Å². The van der Waals surface area contributed by atoms with Crippen molar-refractivity contribution in [2.75, 3.05) is 10.6 Å². The van der Waals surface area contributed by atoms with Gasteiger partial charge in [0.1, 0.15) is 0 Å². The normalized spacial score (nSPS) is 10.7. The third-order valence-corrected chi connectivity index (χ3v) is 4.52. The fourth-order valence-electron chi connectivity index (χ4n) is 3.17. The van der Waals surface area contributed by atoms with Crippen molar-refractivity contribution in [3.63, 3.8) is 0 Å². The van der Waals surface area contributed by atoms with Crippen molar-refractivity contribution in [2.24, 2.45) is 0 Å². The second-order valence-corrected chi connectivity index (χ2v) is 6.53.